The van der Waals surface area contributed by atoms with Gasteiger partial charge in [0.15, 0.2) is 6.10 Å². The van der Waals surface area contributed by atoms with Crippen LogP contribution in [-0.2, 0) is 17.8 Å². The van der Waals surface area contributed by atoms with Gasteiger partial charge in [0.1, 0.15) is 11.6 Å². The molecule has 1 atom stereocenters. The quantitative estimate of drug-likeness (QED) is 0.759. The number of aliphatic hydroxyl groups is 1. The van der Waals surface area contributed by atoms with Crippen molar-refractivity contribution in [1.82, 2.24) is 4.90 Å². The third kappa shape index (κ3) is 4.38. The number of likely N-dealkylation sites (tertiary alicyclic amines) is 1. The first kappa shape index (κ1) is 22.4. The van der Waals surface area contributed by atoms with Gasteiger partial charge in [0, 0.05) is 25.2 Å². The van der Waals surface area contributed by atoms with Crippen LogP contribution in [0.25, 0.3) is 0 Å². The van der Waals surface area contributed by atoms with Crippen molar-refractivity contribution < 1.29 is 19.0 Å². The number of nitrogens with zero attached hydrogens (tertiary/aromatic N) is 3. The second kappa shape index (κ2) is 8.97. The van der Waals surface area contributed by atoms with Crippen LogP contribution in [-0.4, -0.2) is 48.7 Å². The topological polar surface area (TPSA) is 76.8 Å². The number of likely N-dealkylation sites (N-methyl/N-ethyl adjacent to an activating group) is 1. The number of piperidine rings is 1. The zero-order chi connectivity index (χ0) is 22.9. The molecule has 1 N–H and O–H groups in total. The lowest BCUT2D eigenvalue weighted by molar-refractivity contribution is -0.140. The maximum absolute atomic E-state index is 13.2. The van der Waals surface area contributed by atoms with Gasteiger partial charge in [-0.15, -0.1) is 0 Å². The molecule has 0 aliphatic carbocycles. The molecule has 1 saturated heterocycles. The number of hydrogen-bond acceptors (Lipinski definition) is 5. The van der Waals surface area contributed by atoms with Gasteiger partial charge >= 0.3 is 0 Å². The average molecular weight is 458 g/mol. The van der Waals surface area contributed by atoms with Gasteiger partial charge in [-0.3, -0.25) is 4.79 Å². The Morgan fingerprint density at radius 2 is 2.00 bits per heavy atom. The Morgan fingerprint density at radius 1 is 1.31 bits per heavy atom. The number of hydrogen-bond donors (Lipinski definition) is 1. The van der Waals surface area contributed by atoms with Gasteiger partial charge in [0.2, 0.25) is 0 Å². The smallest absolute Gasteiger partial charge is 0.265 e. The molecule has 32 heavy (non-hydrogen) atoms. The third-order valence-corrected chi connectivity index (χ3v) is 6.77. The first-order valence-corrected chi connectivity index (χ1v) is 11.0. The van der Waals surface area contributed by atoms with E-state index in [4.69, 9.17) is 16.3 Å². The molecule has 2 aromatic rings. The maximum Gasteiger partial charge on any atom is 0.265 e. The molecule has 0 aromatic heterocycles. The van der Waals surface area contributed by atoms with Gasteiger partial charge in [0.25, 0.3) is 5.91 Å². The van der Waals surface area contributed by atoms with E-state index in [1.807, 2.05) is 11.9 Å². The second-order valence-electron chi connectivity index (χ2n) is 8.58. The van der Waals surface area contributed by atoms with Crippen LogP contribution >= 0.6 is 11.6 Å². The Morgan fingerprint density at radius 3 is 2.62 bits per heavy atom. The van der Waals surface area contributed by atoms with Crippen molar-refractivity contribution in [3.63, 3.8) is 0 Å². The standard InChI is InChI=1S/C24H25ClFN3O3/c1-28-13-22(32-21-10-17(14-30)19(25)11-20(21)28)23(31)29-8-6-24(15-27,7-9-29)12-16-2-4-18(26)5-3-16/h2-5,10-11,22,30H,6-9,12-14H2,1H3. The molecule has 0 radical (unpaired) electrons. The number of anilines is 1. The lowest BCUT2D eigenvalue weighted by atomic mass is 9.75. The van der Waals surface area contributed by atoms with Gasteiger partial charge in [-0.2, -0.15) is 5.26 Å². The van der Waals surface area contributed by atoms with Crippen LogP contribution in [0.2, 0.25) is 5.02 Å². The lowest BCUT2D eigenvalue weighted by Crippen LogP contribution is -2.52. The summed E-state index contributed by atoms with van der Waals surface area (Å²) in [5, 5.41) is 19.8. The molecule has 2 aliphatic heterocycles. The monoisotopic (exact) mass is 457 g/mol. The number of ether oxygens (including phenoxy) is 1. The van der Waals surface area contributed by atoms with Gasteiger partial charge < -0.3 is 19.6 Å². The fourth-order valence-electron chi connectivity index (χ4n) is 4.44. The second-order valence-corrected chi connectivity index (χ2v) is 8.98. The molecule has 1 amide bonds. The molecule has 168 valence electrons. The van der Waals surface area contributed by atoms with E-state index in [1.54, 1.807) is 29.2 Å². The molecule has 0 spiro atoms. The summed E-state index contributed by atoms with van der Waals surface area (Å²) in [5.41, 5.74) is 1.67. The molecule has 2 aliphatic rings. The summed E-state index contributed by atoms with van der Waals surface area (Å²) in [4.78, 5) is 16.9. The van der Waals surface area contributed by atoms with Crippen molar-refractivity contribution in [2.24, 2.45) is 5.41 Å². The molecule has 2 aromatic carbocycles. The first-order valence-electron chi connectivity index (χ1n) is 10.6. The predicted molar refractivity (Wildman–Crippen MR) is 119 cm³/mol. The number of fused-ring (bicyclic) bond motifs is 1. The highest BCUT2D eigenvalue weighted by Crippen LogP contribution is 2.39. The van der Waals surface area contributed by atoms with Crippen LogP contribution in [0.4, 0.5) is 10.1 Å². The van der Waals surface area contributed by atoms with E-state index in [2.05, 4.69) is 6.07 Å². The molecule has 2 heterocycles. The fraction of sp³-hybridized carbons (Fsp3) is 0.417. The number of carbonyl (C=O) groups is 1. The molecular formula is C24H25ClFN3O3. The Hall–Kier alpha value is -2.82. The predicted octanol–water partition coefficient (Wildman–Crippen LogP) is 3.54. The van der Waals surface area contributed by atoms with Crippen LogP contribution in [0.1, 0.15) is 24.0 Å². The van der Waals surface area contributed by atoms with Crippen molar-refractivity contribution in [3.05, 3.63) is 58.4 Å². The van der Waals surface area contributed by atoms with Gasteiger partial charge in [-0.25, -0.2) is 4.39 Å². The largest absolute Gasteiger partial charge is 0.477 e. The summed E-state index contributed by atoms with van der Waals surface area (Å²) >= 11 is 6.19. The SMILES string of the molecule is CN1CC(C(=O)N2CCC(C#N)(Cc3ccc(F)cc3)CC2)Oc2cc(CO)c(Cl)cc21. The highest BCUT2D eigenvalue weighted by molar-refractivity contribution is 6.31. The van der Waals surface area contributed by atoms with E-state index in [9.17, 15) is 19.6 Å². The normalized spacial score (nSPS) is 19.7. The van der Waals surface area contributed by atoms with Gasteiger partial charge in [0.05, 0.1) is 30.3 Å². The van der Waals surface area contributed by atoms with Gasteiger partial charge in [-0.1, -0.05) is 23.7 Å². The van der Waals surface area contributed by atoms with E-state index >= 15 is 0 Å². The fourth-order valence-corrected chi connectivity index (χ4v) is 4.66. The maximum atomic E-state index is 13.2. The summed E-state index contributed by atoms with van der Waals surface area (Å²) in [7, 11) is 1.87. The zero-order valence-electron chi connectivity index (χ0n) is 17.9. The summed E-state index contributed by atoms with van der Waals surface area (Å²) < 4.78 is 19.2. The number of rotatable bonds is 4. The lowest BCUT2D eigenvalue weighted by Gasteiger charge is -2.40. The van der Waals surface area contributed by atoms with E-state index < -0.39 is 11.5 Å². The molecule has 6 nitrogen and oxygen atoms in total. The molecule has 0 saturated carbocycles. The highest BCUT2D eigenvalue weighted by atomic mass is 35.5. The van der Waals surface area contributed by atoms with E-state index in [0.717, 1.165) is 11.3 Å². The van der Waals surface area contributed by atoms with E-state index in [0.29, 0.717) is 55.2 Å². The van der Waals surface area contributed by atoms with Crippen LogP contribution in [0, 0.1) is 22.6 Å². The molecule has 1 fully saturated rings. The minimum absolute atomic E-state index is 0.115. The Kier molecular flexibility index (Phi) is 6.27. The molecule has 4 rings (SSSR count). The Bertz CT molecular complexity index is 1050. The molecule has 0 bridgehead atoms. The summed E-state index contributed by atoms with van der Waals surface area (Å²) in [6, 6.07) is 12.1. The van der Waals surface area contributed by atoms with Crippen LogP contribution in [0.5, 0.6) is 5.75 Å². The zero-order valence-corrected chi connectivity index (χ0v) is 18.6. The van der Waals surface area contributed by atoms with Crippen LogP contribution < -0.4 is 9.64 Å². The van der Waals surface area contributed by atoms with Crippen molar-refractivity contribution in [1.29, 1.82) is 5.26 Å². The molecule has 8 heteroatoms. The summed E-state index contributed by atoms with van der Waals surface area (Å²) in [6.07, 6.45) is 0.963. The van der Waals surface area contributed by atoms with Crippen molar-refractivity contribution in [3.8, 4) is 11.8 Å². The summed E-state index contributed by atoms with van der Waals surface area (Å²) in [5.74, 6) is 0.106. The number of halogens is 2. The molecular weight excluding hydrogens is 433 g/mol. The Balaban J connectivity index is 1.43. The van der Waals surface area contributed by atoms with Crippen molar-refractivity contribution in [2.75, 3.05) is 31.6 Å². The van der Waals surface area contributed by atoms with Crippen molar-refractivity contribution >= 4 is 23.2 Å². The van der Waals surface area contributed by atoms with E-state index in [1.165, 1.54) is 12.1 Å². The highest BCUT2D eigenvalue weighted by Gasteiger charge is 2.39. The minimum Gasteiger partial charge on any atom is -0.477 e. The first-order chi connectivity index (χ1) is 15.3. The number of nitriles is 1. The number of amides is 1. The number of benzene rings is 2. The Labute approximate surface area is 191 Å². The summed E-state index contributed by atoms with van der Waals surface area (Å²) in [6.45, 7) is 1.10. The number of carbonyl (C=O) groups excluding carboxylic acids is 1. The number of aliphatic hydroxyl groups excluding tert-OH is 1. The van der Waals surface area contributed by atoms with Gasteiger partial charge in [-0.05, 0) is 54.7 Å². The minimum atomic E-state index is -0.674. The molecule has 1 unspecified atom stereocenters. The van der Waals surface area contributed by atoms with E-state index in [-0.39, 0.29) is 18.3 Å². The third-order valence-electron chi connectivity index (χ3n) is 6.42. The van der Waals surface area contributed by atoms with Crippen molar-refractivity contribution in [2.45, 2.75) is 32.0 Å². The van der Waals surface area contributed by atoms with Crippen LogP contribution in [0.3, 0.4) is 0 Å². The average Bonchev–Trinajstić information content (AvgIpc) is 2.80. The van der Waals surface area contributed by atoms with Crippen LogP contribution in [0.15, 0.2) is 36.4 Å².